The second-order valence-corrected chi connectivity index (χ2v) is 8.39. The fourth-order valence-corrected chi connectivity index (χ4v) is 5.09. The van der Waals surface area contributed by atoms with Crippen LogP contribution in [0.4, 0.5) is 0 Å². The van der Waals surface area contributed by atoms with E-state index in [0.29, 0.717) is 12.1 Å². The maximum Gasteiger partial charge on any atom is 0.133 e. The first-order valence-corrected chi connectivity index (χ1v) is 8.37. The van der Waals surface area contributed by atoms with E-state index < -0.39 is 7.14 Å². The number of ketones is 1. The van der Waals surface area contributed by atoms with Gasteiger partial charge in [0.05, 0.1) is 7.14 Å². The van der Waals surface area contributed by atoms with Crippen molar-refractivity contribution in [3.63, 3.8) is 0 Å². The third-order valence-electron chi connectivity index (χ3n) is 2.83. The zero-order valence-electron chi connectivity index (χ0n) is 10.7. The molecular weight excluding hydrogens is 207 g/mol. The van der Waals surface area contributed by atoms with E-state index in [1.165, 1.54) is 0 Å². The normalized spacial score (nSPS) is 19.3. The summed E-state index contributed by atoms with van der Waals surface area (Å²) in [7, 11) is -2.11. The molecule has 0 amide bonds. The average Bonchev–Trinajstić information content (AvgIpc) is 2.01. The molecule has 0 saturated carbocycles. The van der Waals surface area contributed by atoms with Gasteiger partial charge in [-0.2, -0.15) is 0 Å². The van der Waals surface area contributed by atoms with Crippen molar-refractivity contribution in [2.45, 2.75) is 40.5 Å². The molecule has 2 nitrogen and oxygen atoms in total. The van der Waals surface area contributed by atoms with Gasteiger partial charge in [-0.1, -0.05) is 33.6 Å². The first kappa shape index (κ1) is 14.9. The van der Waals surface area contributed by atoms with Crippen LogP contribution in [0.25, 0.3) is 0 Å². The van der Waals surface area contributed by atoms with Crippen LogP contribution in [0.15, 0.2) is 0 Å². The van der Waals surface area contributed by atoms with E-state index in [0.717, 1.165) is 19.0 Å². The number of Topliss-reactive ketones (excluding diaryl/α,β-unsaturated/α-hetero) is 1. The number of rotatable bonds is 7. The molecule has 0 spiro atoms. The zero-order chi connectivity index (χ0) is 12.1. The van der Waals surface area contributed by atoms with Gasteiger partial charge in [-0.25, -0.2) is 0 Å². The largest absolute Gasteiger partial charge is 0.324 e. The van der Waals surface area contributed by atoms with Crippen molar-refractivity contribution in [1.29, 1.82) is 0 Å². The summed E-state index contributed by atoms with van der Waals surface area (Å²) in [6, 6.07) is 0. The molecule has 15 heavy (non-hydrogen) atoms. The summed E-state index contributed by atoms with van der Waals surface area (Å²) in [6.07, 6.45) is 3.64. The summed E-state index contributed by atoms with van der Waals surface area (Å²) in [6.45, 7) is 9.61. The van der Waals surface area contributed by atoms with Gasteiger partial charge >= 0.3 is 0 Å². The minimum absolute atomic E-state index is 0.0466. The molecule has 0 N–H and O–H groups in total. The Labute approximate surface area is 94.2 Å². The van der Waals surface area contributed by atoms with Gasteiger partial charge in [0, 0.05) is 18.2 Å². The average molecular weight is 232 g/mol. The molecule has 0 aliphatic heterocycles. The first-order valence-electron chi connectivity index (χ1n) is 5.84. The SMILES string of the molecule is CCCC(C)CP(C)(=O)CC(C)C(C)=O. The molecule has 0 aliphatic rings. The van der Waals surface area contributed by atoms with Crippen LogP contribution in [-0.2, 0) is 9.36 Å². The summed E-state index contributed by atoms with van der Waals surface area (Å²) < 4.78 is 12.3. The Morgan fingerprint density at radius 1 is 1.27 bits per heavy atom. The van der Waals surface area contributed by atoms with Crippen LogP contribution in [0.3, 0.4) is 0 Å². The Kier molecular flexibility index (Phi) is 6.43. The van der Waals surface area contributed by atoms with Gasteiger partial charge in [0.1, 0.15) is 5.78 Å². The molecular formula is C12H25O2P. The van der Waals surface area contributed by atoms with Gasteiger partial charge in [0.25, 0.3) is 0 Å². The van der Waals surface area contributed by atoms with E-state index in [-0.39, 0.29) is 11.7 Å². The zero-order valence-corrected chi connectivity index (χ0v) is 11.6. The van der Waals surface area contributed by atoms with Crippen molar-refractivity contribution in [2.24, 2.45) is 11.8 Å². The lowest BCUT2D eigenvalue weighted by Gasteiger charge is -2.20. The predicted octanol–water partition coefficient (Wildman–Crippen LogP) is 3.64. The van der Waals surface area contributed by atoms with E-state index in [1.807, 2.05) is 13.6 Å². The van der Waals surface area contributed by atoms with Gasteiger partial charge in [-0.15, -0.1) is 0 Å². The van der Waals surface area contributed by atoms with Gasteiger partial charge in [0.15, 0.2) is 0 Å². The fourth-order valence-electron chi connectivity index (χ4n) is 2.03. The lowest BCUT2D eigenvalue weighted by molar-refractivity contribution is -0.119. The monoisotopic (exact) mass is 232 g/mol. The third-order valence-corrected chi connectivity index (χ3v) is 5.55. The van der Waals surface area contributed by atoms with Crippen molar-refractivity contribution in [1.82, 2.24) is 0 Å². The highest BCUT2D eigenvalue weighted by molar-refractivity contribution is 7.63. The molecule has 3 unspecified atom stereocenters. The van der Waals surface area contributed by atoms with Gasteiger partial charge < -0.3 is 4.57 Å². The third kappa shape index (κ3) is 6.89. The topological polar surface area (TPSA) is 34.1 Å². The molecule has 0 fully saturated rings. The summed E-state index contributed by atoms with van der Waals surface area (Å²) in [5, 5.41) is 0. The second-order valence-electron chi connectivity index (χ2n) is 5.07. The Morgan fingerprint density at radius 2 is 1.80 bits per heavy atom. The Balaban J connectivity index is 4.18. The highest BCUT2D eigenvalue weighted by atomic mass is 31.2. The first-order chi connectivity index (χ1) is 6.78. The number of carbonyl (C=O) groups excluding carboxylic acids is 1. The molecule has 0 saturated heterocycles. The summed E-state index contributed by atoms with van der Waals surface area (Å²) in [5.74, 6) is 0.625. The van der Waals surface area contributed by atoms with Crippen molar-refractivity contribution >= 4 is 12.9 Å². The van der Waals surface area contributed by atoms with Crippen LogP contribution in [-0.4, -0.2) is 24.8 Å². The summed E-state index contributed by atoms with van der Waals surface area (Å²) in [4.78, 5) is 11.1. The van der Waals surface area contributed by atoms with Crippen LogP contribution in [0.5, 0.6) is 0 Å². The van der Waals surface area contributed by atoms with Gasteiger partial charge in [-0.3, -0.25) is 4.79 Å². The van der Waals surface area contributed by atoms with Gasteiger partial charge in [-0.05, 0) is 19.5 Å². The van der Waals surface area contributed by atoms with Crippen LogP contribution in [0.1, 0.15) is 40.5 Å². The predicted molar refractivity (Wildman–Crippen MR) is 67.2 cm³/mol. The molecule has 3 heteroatoms. The van der Waals surface area contributed by atoms with Crippen molar-refractivity contribution in [3.05, 3.63) is 0 Å². The smallest absolute Gasteiger partial charge is 0.133 e. The summed E-state index contributed by atoms with van der Waals surface area (Å²) >= 11 is 0. The standard InChI is InChI=1S/C12H25O2P/c1-6-7-10(2)8-15(5,14)9-11(3)12(4)13/h10-11H,6-9H2,1-5H3. The van der Waals surface area contributed by atoms with Crippen LogP contribution in [0.2, 0.25) is 0 Å². The van der Waals surface area contributed by atoms with E-state index in [4.69, 9.17) is 0 Å². The number of hydrogen-bond donors (Lipinski definition) is 0. The Bertz CT molecular complexity index is 248. The maximum atomic E-state index is 12.3. The molecule has 0 aromatic rings. The lowest BCUT2D eigenvalue weighted by atomic mass is 10.1. The molecule has 90 valence electrons. The van der Waals surface area contributed by atoms with Crippen LogP contribution >= 0.6 is 7.14 Å². The molecule has 0 rings (SSSR count). The lowest BCUT2D eigenvalue weighted by Crippen LogP contribution is -2.14. The quantitative estimate of drug-likeness (QED) is 0.628. The van der Waals surface area contributed by atoms with Gasteiger partial charge in [0.2, 0.25) is 0 Å². The Hall–Kier alpha value is -0.100. The van der Waals surface area contributed by atoms with E-state index >= 15 is 0 Å². The van der Waals surface area contributed by atoms with Crippen molar-refractivity contribution in [3.8, 4) is 0 Å². The van der Waals surface area contributed by atoms with Crippen LogP contribution in [0, 0.1) is 11.8 Å². The van der Waals surface area contributed by atoms with E-state index in [9.17, 15) is 9.36 Å². The summed E-state index contributed by atoms with van der Waals surface area (Å²) in [5.41, 5.74) is 0. The molecule has 0 bridgehead atoms. The maximum absolute atomic E-state index is 12.3. The fraction of sp³-hybridized carbons (Fsp3) is 0.917. The van der Waals surface area contributed by atoms with E-state index in [1.54, 1.807) is 6.92 Å². The Morgan fingerprint density at radius 3 is 2.20 bits per heavy atom. The molecule has 0 radical (unpaired) electrons. The minimum atomic E-state index is -2.11. The van der Waals surface area contributed by atoms with Crippen LogP contribution < -0.4 is 0 Å². The molecule has 3 atom stereocenters. The molecule has 0 aliphatic carbocycles. The molecule has 0 aromatic carbocycles. The molecule has 0 aromatic heterocycles. The minimum Gasteiger partial charge on any atom is -0.324 e. The highest BCUT2D eigenvalue weighted by Gasteiger charge is 2.23. The number of carbonyl (C=O) groups is 1. The van der Waals surface area contributed by atoms with Crippen molar-refractivity contribution < 1.29 is 9.36 Å². The molecule has 0 heterocycles. The van der Waals surface area contributed by atoms with E-state index in [2.05, 4.69) is 13.8 Å². The second kappa shape index (κ2) is 6.48. The number of hydrogen-bond acceptors (Lipinski definition) is 2. The highest BCUT2D eigenvalue weighted by Crippen LogP contribution is 2.45. The van der Waals surface area contributed by atoms with Crippen molar-refractivity contribution in [2.75, 3.05) is 19.0 Å².